The Morgan fingerprint density at radius 1 is 1.50 bits per heavy atom. The lowest BCUT2D eigenvalue weighted by Crippen LogP contribution is -2.10. The number of halogens is 2. The fraction of sp³-hybridized carbons (Fsp3) is 0.400. The number of fused-ring (bicyclic) bond motifs is 1. The smallest absolute Gasteiger partial charge is 0.175 e. The van der Waals surface area contributed by atoms with Gasteiger partial charge in [-0.2, -0.15) is 0 Å². The van der Waals surface area contributed by atoms with E-state index >= 15 is 0 Å². The quantitative estimate of drug-likeness (QED) is 0.860. The summed E-state index contributed by atoms with van der Waals surface area (Å²) in [6.45, 7) is 0. The van der Waals surface area contributed by atoms with E-state index in [2.05, 4.69) is 15.9 Å². The van der Waals surface area contributed by atoms with Gasteiger partial charge in [-0.15, -0.1) is 0 Å². The Morgan fingerprint density at radius 2 is 2.12 bits per heavy atom. The van der Waals surface area contributed by atoms with Gasteiger partial charge in [-0.1, -0.05) is 15.9 Å². The van der Waals surface area contributed by atoms with Crippen LogP contribution in [0.5, 0.6) is 0 Å². The lowest BCUT2D eigenvalue weighted by Gasteiger charge is -2.11. The van der Waals surface area contributed by atoms with Crippen molar-refractivity contribution in [3.05, 3.63) is 27.7 Å². The van der Waals surface area contributed by atoms with Crippen LogP contribution < -0.4 is 0 Å². The largest absolute Gasteiger partial charge is 0.385 e. The molecule has 0 amide bonds. The summed E-state index contributed by atoms with van der Waals surface area (Å²) in [6.07, 6.45) is -1.69. The minimum atomic E-state index is -3.45. The van der Waals surface area contributed by atoms with Gasteiger partial charge in [0.1, 0.15) is 12.3 Å². The van der Waals surface area contributed by atoms with E-state index in [0.717, 1.165) is 6.26 Å². The third-order valence-electron chi connectivity index (χ3n) is 2.70. The first-order chi connectivity index (χ1) is 7.32. The Morgan fingerprint density at radius 3 is 2.69 bits per heavy atom. The van der Waals surface area contributed by atoms with Crippen LogP contribution in [-0.2, 0) is 16.3 Å². The number of benzene rings is 1. The van der Waals surface area contributed by atoms with Crippen molar-refractivity contribution in [3.8, 4) is 0 Å². The molecule has 1 aromatic carbocycles. The van der Waals surface area contributed by atoms with E-state index in [1.54, 1.807) is 6.07 Å². The second kappa shape index (κ2) is 3.78. The molecule has 2 rings (SSSR count). The van der Waals surface area contributed by atoms with Gasteiger partial charge in [-0.25, -0.2) is 12.8 Å². The van der Waals surface area contributed by atoms with Crippen molar-refractivity contribution in [3.63, 3.8) is 0 Å². The van der Waals surface area contributed by atoms with Crippen LogP contribution in [0.25, 0.3) is 0 Å². The van der Waals surface area contributed by atoms with Gasteiger partial charge in [0.25, 0.3) is 0 Å². The van der Waals surface area contributed by atoms with Crippen molar-refractivity contribution in [1.29, 1.82) is 0 Å². The maximum atomic E-state index is 13.4. The minimum absolute atomic E-state index is 0.0124. The zero-order valence-electron chi connectivity index (χ0n) is 8.44. The van der Waals surface area contributed by atoms with E-state index in [0.29, 0.717) is 10.0 Å². The standard InChI is InChI=1S/C10H10BrFO3S/c1-16(14,15)8-3-2-6(11)5-4-7(12)10(13)9(5)8/h2-3,7,10,13H,4H2,1H3. The molecule has 0 spiro atoms. The highest BCUT2D eigenvalue weighted by molar-refractivity contribution is 9.10. The number of hydrogen-bond donors (Lipinski definition) is 1. The van der Waals surface area contributed by atoms with E-state index in [4.69, 9.17) is 0 Å². The highest BCUT2D eigenvalue weighted by Gasteiger charge is 2.36. The molecule has 6 heteroatoms. The van der Waals surface area contributed by atoms with E-state index in [9.17, 15) is 17.9 Å². The molecule has 0 bridgehead atoms. The number of aliphatic hydroxyl groups is 1. The third-order valence-corrected chi connectivity index (χ3v) is 4.59. The lowest BCUT2D eigenvalue weighted by atomic mass is 10.1. The van der Waals surface area contributed by atoms with Crippen molar-refractivity contribution in [2.45, 2.75) is 23.6 Å². The molecule has 0 saturated heterocycles. The highest BCUT2D eigenvalue weighted by Crippen LogP contribution is 2.41. The van der Waals surface area contributed by atoms with Crippen molar-refractivity contribution < 1.29 is 17.9 Å². The summed E-state index contributed by atoms with van der Waals surface area (Å²) in [6, 6.07) is 2.96. The summed E-state index contributed by atoms with van der Waals surface area (Å²) >= 11 is 3.23. The average Bonchev–Trinajstić information content (AvgIpc) is 2.44. The maximum absolute atomic E-state index is 13.4. The van der Waals surface area contributed by atoms with Gasteiger partial charge in [-0.05, 0) is 17.7 Å². The molecule has 0 heterocycles. The molecule has 1 aromatic rings. The fourth-order valence-electron chi connectivity index (χ4n) is 1.96. The molecule has 88 valence electrons. The van der Waals surface area contributed by atoms with Gasteiger partial charge >= 0.3 is 0 Å². The number of alkyl halides is 1. The first-order valence-corrected chi connectivity index (χ1v) is 7.34. The van der Waals surface area contributed by atoms with Gasteiger partial charge in [0.05, 0.1) is 4.90 Å². The summed E-state index contributed by atoms with van der Waals surface area (Å²) < 4.78 is 37.0. The molecule has 1 aliphatic rings. The summed E-state index contributed by atoms with van der Waals surface area (Å²) in [5, 5.41) is 9.66. The molecule has 0 saturated carbocycles. The Bertz CT molecular complexity index is 541. The highest BCUT2D eigenvalue weighted by atomic mass is 79.9. The van der Waals surface area contributed by atoms with Crippen LogP contribution in [-0.4, -0.2) is 26.0 Å². The van der Waals surface area contributed by atoms with E-state index in [1.165, 1.54) is 6.07 Å². The molecule has 0 aromatic heterocycles. The van der Waals surface area contributed by atoms with Gasteiger partial charge in [0, 0.05) is 22.7 Å². The Balaban J connectivity index is 2.75. The second-order valence-corrected chi connectivity index (χ2v) is 6.71. The van der Waals surface area contributed by atoms with E-state index in [-0.39, 0.29) is 16.9 Å². The molecule has 2 unspecified atom stereocenters. The van der Waals surface area contributed by atoms with Gasteiger partial charge < -0.3 is 5.11 Å². The first-order valence-electron chi connectivity index (χ1n) is 4.66. The van der Waals surface area contributed by atoms with Crippen LogP contribution >= 0.6 is 15.9 Å². The molecular weight excluding hydrogens is 299 g/mol. The zero-order chi connectivity index (χ0) is 12.1. The van der Waals surface area contributed by atoms with Crippen molar-refractivity contribution >= 4 is 25.8 Å². The van der Waals surface area contributed by atoms with Gasteiger partial charge in [0.2, 0.25) is 0 Å². The van der Waals surface area contributed by atoms with Crippen LogP contribution in [0.15, 0.2) is 21.5 Å². The number of sulfone groups is 1. The number of rotatable bonds is 1. The number of aliphatic hydroxyl groups excluding tert-OH is 1. The van der Waals surface area contributed by atoms with Gasteiger partial charge in [-0.3, -0.25) is 0 Å². The molecule has 1 N–H and O–H groups in total. The van der Waals surface area contributed by atoms with Crippen LogP contribution in [0.2, 0.25) is 0 Å². The maximum Gasteiger partial charge on any atom is 0.175 e. The van der Waals surface area contributed by atoms with Gasteiger partial charge in [0.15, 0.2) is 9.84 Å². The van der Waals surface area contributed by atoms with Crippen molar-refractivity contribution in [2.24, 2.45) is 0 Å². The van der Waals surface area contributed by atoms with Crippen LogP contribution in [0.4, 0.5) is 4.39 Å². The molecule has 0 aliphatic heterocycles. The molecule has 3 nitrogen and oxygen atoms in total. The summed E-state index contributed by atoms with van der Waals surface area (Å²) in [5.41, 5.74) is 0.743. The molecular formula is C10H10BrFO3S. The van der Waals surface area contributed by atoms with Crippen LogP contribution in [0.3, 0.4) is 0 Å². The fourth-order valence-corrected chi connectivity index (χ4v) is 3.43. The molecule has 0 fully saturated rings. The van der Waals surface area contributed by atoms with E-state index < -0.39 is 22.1 Å². The average molecular weight is 309 g/mol. The summed E-state index contributed by atoms with van der Waals surface area (Å²) in [4.78, 5) is 0.0124. The lowest BCUT2D eigenvalue weighted by molar-refractivity contribution is 0.0907. The topological polar surface area (TPSA) is 54.4 Å². The summed E-state index contributed by atoms with van der Waals surface area (Å²) in [5.74, 6) is 0. The number of hydrogen-bond acceptors (Lipinski definition) is 3. The zero-order valence-corrected chi connectivity index (χ0v) is 10.8. The monoisotopic (exact) mass is 308 g/mol. The van der Waals surface area contributed by atoms with Crippen LogP contribution in [0, 0.1) is 0 Å². The van der Waals surface area contributed by atoms with E-state index in [1.807, 2.05) is 0 Å². The summed E-state index contributed by atoms with van der Waals surface area (Å²) in [7, 11) is -3.45. The normalized spacial score (nSPS) is 24.5. The van der Waals surface area contributed by atoms with Crippen molar-refractivity contribution in [1.82, 2.24) is 0 Å². The predicted molar refractivity (Wildman–Crippen MR) is 60.8 cm³/mol. The first kappa shape index (κ1) is 12.0. The minimum Gasteiger partial charge on any atom is -0.385 e. The molecule has 16 heavy (non-hydrogen) atoms. The molecule has 2 atom stereocenters. The molecule has 1 aliphatic carbocycles. The Hall–Kier alpha value is -0.460. The molecule has 0 radical (unpaired) electrons. The SMILES string of the molecule is CS(=O)(=O)c1ccc(Br)c2c1C(O)C(F)C2. The van der Waals surface area contributed by atoms with Crippen molar-refractivity contribution in [2.75, 3.05) is 6.26 Å². The third kappa shape index (κ3) is 1.78. The predicted octanol–water partition coefficient (Wildman–Crippen LogP) is 1.78. The van der Waals surface area contributed by atoms with Crippen LogP contribution in [0.1, 0.15) is 17.2 Å². The Kier molecular flexibility index (Phi) is 2.84. The second-order valence-electron chi connectivity index (χ2n) is 3.87. The Labute approximate surface area is 101 Å².